The molecule has 242 valence electrons. The Balaban J connectivity index is 1.75. The van der Waals surface area contributed by atoms with E-state index in [4.69, 9.17) is 47.6 Å². The van der Waals surface area contributed by atoms with Crippen LogP contribution in [-0.2, 0) is 18.9 Å². The van der Waals surface area contributed by atoms with Crippen LogP contribution in [0.5, 0.6) is 0 Å². The molecule has 2 aliphatic heterocycles. The Morgan fingerprint density at radius 3 is 2.20 bits per heavy atom. The quantitative estimate of drug-likeness (QED) is 0.0827. The van der Waals surface area contributed by atoms with Gasteiger partial charge in [0.05, 0.1) is 37.0 Å². The van der Waals surface area contributed by atoms with E-state index in [1.54, 1.807) is 0 Å². The molecule has 15 atom stereocenters. The third-order valence-corrected chi connectivity index (χ3v) is 7.93. The van der Waals surface area contributed by atoms with Crippen molar-refractivity contribution < 1.29 is 49.6 Å². The second-order valence-electron chi connectivity index (χ2n) is 11.1. The van der Waals surface area contributed by atoms with Crippen LogP contribution in [-0.4, -0.2) is 162 Å². The zero-order valence-electron chi connectivity index (χ0n) is 23.2. The average Bonchev–Trinajstić information content (AvgIpc) is 2.95. The van der Waals surface area contributed by atoms with Crippen LogP contribution in [0.25, 0.3) is 0 Å². The maximum atomic E-state index is 11.5. The van der Waals surface area contributed by atoms with Gasteiger partial charge in [0, 0.05) is 31.7 Å². The molecule has 3 fully saturated rings. The molecule has 41 heavy (non-hydrogen) atoms. The summed E-state index contributed by atoms with van der Waals surface area (Å²) in [5, 5.41) is 68.7. The van der Waals surface area contributed by atoms with E-state index in [-0.39, 0.29) is 25.9 Å². The normalized spacial score (nSPS) is 44.6. The van der Waals surface area contributed by atoms with E-state index in [0.29, 0.717) is 19.6 Å². The summed E-state index contributed by atoms with van der Waals surface area (Å²) >= 11 is 0. The van der Waals surface area contributed by atoms with Gasteiger partial charge in [-0.2, -0.15) is 0 Å². The predicted octanol–water partition coefficient (Wildman–Crippen LogP) is -7.37. The first-order valence-electron chi connectivity index (χ1n) is 14.3. The molecule has 17 heteroatoms. The fourth-order valence-corrected chi connectivity index (χ4v) is 5.40. The lowest BCUT2D eigenvalue weighted by molar-refractivity contribution is -0.316. The summed E-state index contributed by atoms with van der Waals surface area (Å²) in [4.78, 5) is 0. The number of nitrogens with two attached hydrogens (primary N) is 5. The molecule has 3 rings (SSSR count). The number of aliphatic hydroxyl groups excluding tert-OH is 6. The Kier molecular flexibility index (Phi) is 13.9. The molecule has 1 saturated carbocycles. The summed E-state index contributed by atoms with van der Waals surface area (Å²) in [6.45, 7) is 0.975. The van der Waals surface area contributed by atoms with Crippen molar-refractivity contribution in [2.75, 3.05) is 39.3 Å². The SMILES string of the molecule is NCCCNC[C@H]1O[C@H](O[C@H]2[C@H](O)[C@@H](O[C@H]3O[C@H](CO)[C@@H](O)[C@H](N)[C@H]3O)[C@H](NCC(O)CN)C[C@@H]2N)[C@H](N)C[C@@H]1O. The Labute approximate surface area is 239 Å². The summed E-state index contributed by atoms with van der Waals surface area (Å²) < 4.78 is 23.7. The molecule has 1 unspecified atom stereocenters. The van der Waals surface area contributed by atoms with Crippen molar-refractivity contribution >= 4 is 0 Å². The van der Waals surface area contributed by atoms with Gasteiger partial charge in [0.1, 0.15) is 36.6 Å². The van der Waals surface area contributed by atoms with Crippen molar-refractivity contribution in [3.63, 3.8) is 0 Å². The Bertz CT molecular complexity index is 764. The topological polar surface area (TPSA) is 312 Å². The molecular weight excluding hydrogens is 546 g/mol. The molecule has 2 saturated heterocycles. The Hall–Kier alpha value is -0.680. The zero-order chi connectivity index (χ0) is 30.3. The summed E-state index contributed by atoms with van der Waals surface area (Å²) in [5.74, 6) is 0. The van der Waals surface area contributed by atoms with Gasteiger partial charge in [-0.25, -0.2) is 0 Å². The third-order valence-electron chi connectivity index (χ3n) is 7.93. The highest BCUT2D eigenvalue weighted by Gasteiger charge is 2.51. The first-order valence-corrected chi connectivity index (χ1v) is 14.3. The van der Waals surface area contributed by atoms with Gasteiger partial charge < -0.3 is 88.9 Å². The van der Waals surface area contributed by atoms with Crippen molar-refractivity contribution in [1.29, 1.82) is 0 Å². The van der Waals surface area contributed by atoms with Crippen molar-refractivity contribution in [2.45, 2.75) is 111 Å². The van der Waals surface area contributed by atoms with E-state index in [9.17, 15) is 30.6 Å². The number of rotatable bonds is 14. The minimum atomic E-state index is -1.49. The van der Waals surface area contributed by atoms with E-state index in [1.807, 2.05) is 0 Å². The zero-order valence-corrected chi connectivity index (χ0v) is 23.2. The van der Waals surface area contributed by atoms with E-state index < -0.39 is 98.3 Å². The lowest BCUT2D eigenvalue weighted by Gasteiger charge is -2.48. The van der Waals surface area contributed by atoms with Crippen LogP contribution in [0.1, 0.15) is 19.3 Å². The van der Waals surface area contributed by atoms with Crippen LogP contribution in [0.2, 0.25) is 0 Å². The lowest BCUT2D eigenvalue weighted by Crippen LogP contribution is -2.69. The Morgan fingerprint density at radius 2 is 1.54 bits per heavy atom. The second kappa shape index (κ2) is 16.4. The van der Waals surface area contributed by atoms with Crippen molar-refractivity contribution in [3.05, 3.63) is 0 Å². The van der Waals surface area contributed by atoms with Crippen molar-refractivity contribution in [3.8, 4) is 0 Å². The molecule has 18 N–H and O–H groups in total. The van der Waals surface area contributed by atoms with Crippen LogP contribution < -0.4 is 39.3 Å². The summed E-state index contributed by atoms with van der Waals surface area (Å²) in [5.41, 5.74) is 29.7. The average molecular weight is 598 g/mol. The molecule has 0 bridgehead atoms. The predicted molar refractivity (Wildman–Crippen MR) is 145 cm³/mol. The molecule has 0 amide bonds. The maximum absolute atomic E-state index is 11.5. The van der Waals surface area contributed by atoms with E-state index >= 15 is 0 Å². The monoisotopic (exact) mass is 597 g/mol. The van der Waals surface area contributed by atoms with Crippen molar-refractivity contribution in [2.24, 2.45) is 28.7 Å². The molecule has 2 heterocycles. The van der Waals surface area contributed by atoms with E-state index in [1.165, 1.54) is 0 Å². The second-order valence-corrected chi connectivity index (χ2v) is 11.1. The van der Waals surface area contributed by atoms with Crippen LogP contribution >= 0.6 is 0 Å². The fourth-order valence-electron chi connectivity index (χ4n) is 5.40. The number of hydrogen-bond donors (Lipinski definition) is 13. The molecule has 17 nitrogen and oxygen atoms in total. The summed E-state index contributed by atoms with van der Waals surface area (Å²) in [6.07, 6.45) is -11.2. The van der Waals surface area contributed by atoms with Crippen LogP contribution in [0.3, 0.4) is 0 Å². The van der Waals surface area contributed by atoms with Gasteiger partial charge in [-0.1, -0.05) is 0 Å². The van der Waals surface area contributed by atoms with Crippen LogP contribution in [0.4, 0.5) is 0 Å². The van der Waals surface area contributed by atoms with Gasteiger partial charge in [0.25, 0.3) is 0 Å². The molecule has 0 aromatic heterocycles. The highest BCUT2D eigenvalue weighted by Crippen LogP contribution is 2.31. The lowest BCUT2D eigenvalue weighted by atomic mass is 9.83. The molecule has 0 aromatic rings. The number of aliphatic hydroxyl groups is 6. The van der Waals surface area contributed by atoms with E-state index in [2.05, 4.69) is 10.6 Å². The van der Waals surface area contributed by atoms with Gasteiger partial charge in [-0.3, -0.25) is 0 Å². The summed E-state index contributed by atoms with van der Waals surface area (Å²) in [7, 11) is 0. The number of ether oxygens (including phenoxy) is 4. The molecule has 0 aromatic carbocycles. The number of nitrogens with one attached hydrogen (secondary N) is 2. The fraction of sp³-hybridized carbons (Fsp3) is 1.00. The van der Waals surface area contributed by atoms with Crippen LogP contribution in [0, 0.1) is 0 Å². The first-order chi connectivity index (χ1) is 19.5. The molecule has 1 aliphatic carbocycles. The van der Waals surface area contributed by atoms with Gasteiger partial charge in [-0.15, -0.1) is 0 Å². The van der Waals surface area contributed by atoms with Gasteiger partial charge >= 0.3 is 0 Å². The minimum absolute atomic E-state index is 0.00797. The largest absolute Gasteiger partial charge is 0.394 e. The minimum Gasteiger partial charge on any atom is -0.394 e. The molecule has 3 aliphatic rings. The molecule has 0 spiro atoms. The van der Waals surface area contributed by atoms with Gasteiger partial charge in [0.15, 0.2) is 12.6 Å². The standard InChI is InChI=1S/C24H51N7O10/c25-2-1-3-30-8-15-14(34)5-12(28)23(38-15)40-21-11(27)4-13(31-7-10(33)6-26)22(20(21)37)41-24-19(36)17(29)18(35)16(9-32)39-24/h10-24,30-37H,1-9,25-29H2/t10?,11-,12+,13+,14-,15+,16+,17-,18+,19+,20-,21+,22-,23+,24+/m0/s1. The molecular formula is C24H51N7O10. The Morgan fingerprint density at radius 1 is 0.854 bits per heavy atom. The molecule has 0 radical (unpaired) electrons. The van der Waals surface area contributed by atoms with E-state index in [0.717, 1.165) is 6.42 Å². The van der Waals surface area contributed by atoms with Crippen molar-refractivity contribution in [1.82, 2.24) is 10.6 Å². The highest BCUT2D eigenvalue weighted by atomic mass is 16.7. The smallest absolute Gasteiger partial charge is 0.186 e. The van der Waals surface area contributed by atoms with Crippen LogP contribution in [0.15, 0.2) is 0 Å². The third kappa shape index (κ3) is 8.93. The van der Waals surface area contributed by atoms with Gasteiger partial charge in [-0.05, 0) is 32.4 Å². The highest BCUT2D eigenvalue weighted by molar-refractivity contribution is 5.02. The van der Waals surface area contributed by atoms with Gasteiger partial charge in [0.2, 0.25) is 0 Å². The summed E-state index contributed by atoms with van der Waals surface area (Å²) in [6, 6.07) is -3.31. The first kappa shape index (κ1) is 34.8. The maximum Gasteiger partial charge on any atom is 0.186 e. The number of hydrogen-bond acceptors (Lipinski definition) is 17.